The first-order valence-electron chi connectivity index (χ1n) is 4.66. The molecule has 0 aliphatic carbocycles. The number of hydrogen-bond acceptors (Lipinski definition) is 3. The molecule has 0 saturated heterocycles. The molecule has 0 aliphatic heterocycles. The Bertz CT molecular complexity index is 331. The van der Waals surface area contributed by atoms with Crippen molar-refractivity contribution in [3.05, 3.63) is 16.5 Å². The number of carbonyl (C=O) groups is 1. The largest absolute Gasteiger partial charge is 0.390 e. The van der Waals surface area contributed by atoms with Gasteiger partial charge in [-0.25, -0.2) is 0 Å². The Morgan fingerprint density at radius 3 is 2.71 bits per heavy atom. The van der Waals surface area contributed by atoms with E-state index in [4.69, 9.17) is 5.73 Å². The quantitative estimate of drug-likeness (QED) is 0.832. The molecule has 1 amide bonds. The van der Waals surface area contributed by atoms with Gasteiger partial charge in [-0.2, -0.15) is 0 Å². The van der Waals surface area contributed by atoms with Crippen LogP contribution in [0.5, 0.6) is 0 Å². The second-order valence-electron chi connectivity index (χ2n) is 3.44. The van der Waals surface area contributed by atoms with Crippen LogP contribution in [-0.2, 0) is 6.42 Å². The van der Waals surface area contributed by atoms with Crippen molar-refractivity contribution < 1.29 is 4.79 Å². The predicted molar refractivity (Wildman–Crippen MR) is 60.7 cm³/mol. The Labute approximate surface area is 88.5 Å². The lowest BCUT2D eigenvalue weighted by atomic mass is 10.2. The third-order valence-corrected chi connectivity index (χ3v) is 2.97. The summed E-state index contributed by atoms with van der Waals surface area (Å²) in [5.74, 6) is -0.0129. The molecule has 4 heteroatoms. The molecule has 0 aliphatic rings. The van der Waals surface area contributed by atoms with Gasteiger partial charge in [0.1, 0.15) is 0 Å². The maximum atomic E-state index is 11.6. The van der Waals surface area contributed by atoms with Crippen molar-refractivity contribution in [1.82, 2.24) is 4.90 Å². The summed E-state index contributed by atoms with van der Waals surface area (Å²) in [4.78, 5) is 14.4. The summed E-state index contributed by atoms with van der Waals surface area (Å²) in [7, 11) is 3.47. The second-order valence-corrected chi connectivity index (χ2v) is 4.61. The fourth-order valence-corrected chi connectivity index (χ4v) is 2.26. The number of amides is 1. The first-order valence-corrected chi connectivity index (χ1v) is 5.47. The van der Waals surface area contributed by atoms with Gasteiger partial charge in [-0.15, -0.1) is 11.3 Å². The van der Waals surface area contributed by atoms with Crippen LogP contribution in [0.25, 0.3) is 0 Å². The van der Waals surface area contributed by atoms with Crippen molar-refractivity contribution in [3.8, 4) is 0 Å². The van der Waals surface area contributed by atoms with Crippen molar-refractivity contribution in [3.63, 3.8) is 0 Å². The van der Waals surface area contributed by atoms with E-state index in [9.17, 15) is 4.79 Å². The van der Waals surface area contributed by atoms with Crippen LogP contribution >= 0.6 is 11.3 Å². The lowest BCUT2D eigenvalue weighted by Gasteiger charge is -2.08. The van der Waals surface area contributed by atoms with Gasteiger partial charge in [0, 0.05) is 19.0 Å². The molecule has 3 nitrogen and oxygen atoms in total. The predicted octanol–water partition coefficient (Wildman–Crippen LogP) is 1.98. The summed E-state index contributed by atoms with van der Waals surface area (Å²) < 4.78 is 0. The Morgan fingerprint density at radius 2 is 2.21 bits per heavy atom. The van der Waals surface area contributed by atoms with Crippen molar-refractivity contribution in [2.45, 2.75) is 19.8 Å². The molecule has 1 aromatic heterocycles. The molecule has 1 heterocycles. The number of thiophene rings is 1. The lowest BCUT2D eigenvalue weighted by molar-refractivity contribution is 0.0829. The van der Waals surface area contributed by atoms with Gasteiger partial charge in [-0.1, -0.05) is 13.3 Å². The van der Waals surface area contributed by atoms with Gasteiger partial charge in [0.2, 0.25) is 0 Å². The van der Waals surface area contributed by atoms with Crippen LogP contribution in [0.3, 0.4) is 0 Å². The summed E-state index contributed by atoms with van der Waals surface area (Å²) in [6.45, 7) is 2.11. The Morgan fingerprint density at radius 1 is 1.57 bits per heavy atom. The van der Waals surface area contributed by atoms with E-state index < -0.39 is 0 Å². The Hall–Kier alpha value is -1.03. The highest BCUT2D eigenvalue weighted by Gasteiger charge is 2.14. The molecule has 0 radical (unpaired) electrons. The van der Waals surface area contributed by atoms with Crippen molar-refractivity contribution in [2.24, 2.45) is 0 Å². The van der Waals surface area contributed by atoms with Crippen LogP contribution in [0.1, 0.15) is 28.6 Å². The van der Waals surface area contributed by atoms with E-state index >= 15 is 0 Å². The zero-order valence-corrected chi connectivity index (χ0v) is 9.65. The molecule has 0 bridgehead atoms. The minimum atomic E-state index is -0.0129. The minimum Gasteiger partial charge on any atom is -0.390 e. The molecular formula is C10H16N2OS. The fourth-order valence-electron chi connectivity index (χ4n) is 1.24. The average molecular weight is 212 g/mol. The van der Waals surface area contributed by atoms with E-state index in [2.05, 4.69) is 6.92 Å². The summed E-state index contributed by atoms with van der Waals surface area (Å²) >= 11 is 1.51. The van der Waals surface area contributed by atoms with E-state index in [0.29, 0.717) is 10.6 Å². The van der Waals surface area contributed by atoms with Gasteiger partial charge in [-0.05, 0) is 12.5 Å². The fraction of sp³-hybridized carbons (Fsp3) is 0.500. The second kappa shape index (κ2) is 4.46. The minimum absolute atomic E-state index is 0.0129. The normalized spacial score (nSPS) is 10.2. The molecule has 2 N–H and O–H groups in total. The number of hydrogen-bond donors (Lipinski definition) is 1. The third kappa shape index (κ3) is 2.26. The van der Waals surface area contributed by atoms with E-state index in [-0.39, 0.29) is 5.91 Å². The maximum absolute atomic E-state index is 11.6. The molecule has 78 valence electrons. The van der Waals surface area contributed by atoms with E-state index in [1.807, 2.05) is 6.07 Å². The zero-order chi connectivity index (χ0) is 10.7. The van der Waals surface area contributed by atoms with Gasteiger partial charge in [0.15, 0.2) is 0 Å². The lowest BCUT2D eigenvalue weighted by Crippen LogP contribution is -2.21. The molecule has 0 saturated carbocycles. The molecule has 1 aromatic rings. The van der Waals surface area contributed by atoms with Gasteiger partial charge < -0.3 is 10.6 Å². The van der Waals surface area contributed by atoms with Crippen molar-refractivity contribution in [2.75, 3.05) is 19.8 Å². The summed E-state index contributed by atoms with van der Waals surface area (Å²) in [5, 5.41) is 0.632. The Balaban J connectivity index is 2.92. The number of carbonyl (C=O) groups excluding carboxylic acids is 1. The topological polar surface area (TPSA) is 46.3 Å². The molecule has 0 aromatic carbocycles. The highest BCUT2D eigenvalue weighted by Crippen LogP contribution is 2.26. The van der Waals surface area contributed by atoms with Crippen LogP contribution in [0.4, 0.5) is 5.00 Å². The van der Waals surface area contributed by atoms with Crippen LogP contribution < -0.4 is 5.73 Å². The van der Waals surface area contributed by atoms with Gasteiger partial charge in [0.25, 0.3) is 5.91 Å². The SMILES string of the molecule is CCCc1cc(C(=O)N(C)C)c(N)s1. The standard InChI is InChI=1S/C10H16N2OS/c1-4-5-7-6-8(9(11)14-7)10(13)12(2)3/h6H,4-5,11H2,1-3H3. The van der Waals surface area contributed by atoms with Crippen molar-refractivity contribution in [1.29, 1.82) is 0 Å². The highest BCUT2D eigenvalue weighted by molar-refractivity contribution is 7.16. The van der Waals surface area contributed by atoms with Gasteiger partial charge in [0.05, 0.1) is 10.6 Å². The molecule has 1 rings (SSSR count). The zero-order valence-electron chi connectivity index (χ0n) is 8.83. The molecule has 14 heavy (non-hydrogen) atoms. The number of rotatable bonds is 3. The molecular weight excluding hydrogens is 196 g/mol. The van der Waals surface area contributed by atoms with Crippen LogP contribution in [0.15, 0.2) is 6.07 Å². The first kappa shape index (κ1) is 11.0. The molecule has 0 spiro atoms. The van der Waals surface area contributed by atoms with Gasteiger partial charge >= 0.3 is 0 Å². The van der Waals surface area contributed by atoms with Crippen LogP contribution in [0.2, 0.25) is 0 Å². The monoisotopic (exact) mass is 212 g/mol. The summed E-state index contributed by atoms with van der Waals surface area (Å²) in [6, 6.07) is 1.91. The number of nitrogens with zero attached hydrogens (tertiary/aromatic N) is 1. The third-order valence-electron chi connectivity index (χ3n) is 1.94. The molecule has 0 unspecified atom stereocenters. The summed E-state index contributed by atoms with van der Waals surface area (Å²) in [5.41, 5.74) is 6.42. The van der Waals surface area contributed by atoms with E-state index in [0.717, 1.165) is 12.8 Å². The van der Waals surface area contributed by atoms with Crippen LogP contribution in [-0.4, -0.2) is 24.9 Å². The van der Waals surface area contributed by atoms with E-state index in [1.54, 1.807) is 19.0 Å². The van der Waals surface area contributed by atoms with E-state index in [1.165, 1.54) is 16.2 Å². The van der Waals surface area contributed by atoms with Crippen LogP contribution in [0, 0.1) is 0 Å². The highest BCUT2D eigenvalue weighted by atomic mass is 32.1. The summed E-state index contributed by atoms with van der Waals surface area (Å²) in [6.07, 6.45) is 2.07. The Kier molecular flexibility index (Phi) is 3.52. The van der Waals surface area contributed by atoms with Gasteiger partial charge in [-0.3, -0.25) is 4.79 Å². The van der Waals surface area contributed by atoms with Crippen molar-refractivity contribution >= 4 is 22.2 Å². The number of nitrogen functional groups attached to an aromatic ring is 1. The molecule has 0 fully saturated rings. The number of nitrogens with two attached hydrogens (primary N) is 1. The average Bonchev–Trinajstić information content (AvgIpc) is 2.46. The molecule has 0 atom stereocenters. The number of anilines is 1. The first-order chi connectivity index (χ1) is 6.56. The smallest absolute Gasteiger partial charge is 0.256 e. The maximum Gasteiger partial charge on any atom is 0.256 e. The number of aryl methyl sites for hydroxylation is 1.